The van der Waals surface area contributed by atoms with Crippen LogP contribution in [0.25, 0.3) is 5.52 Å². The highest BCUT2D eigenvalue weighted by Crippen LogP contribution is 2.23. The maximum Gasteiger partial charge on any atom is 0.303 e. The van der Waals surface area contributed by atoms with Gasteiger partial charge in [0.1, 0.15) is 5.82 Å². The molecular weight excluding hydrogens is 307 g/mol. The van der Waals surface area contributed by atoms with Crippen molar-refractivity contribution in [3.63, 3.8) is 0 Å². The van der Waals surface area contributed by atoms with Gasteiger partial charge < -0.3 is 5.11 Å². The van der Waals surface area contributed by atoms with Gasteiger partial charge in [0.05, 0.1) is 10.1 Å². The lowest BCUT2D eigenvalue weighted by molar-refractivity contribution is -0.137. The molecule has 0 unspecified atom stereocenters. The van der Waals surface area contributed by atoms with Gasteiger partial charge in [0.15, 0.2) is 5.15 Å². The molecule has 0 radical (unpaired) electrons. The van der Waals surface area contributed by atoms with E-state index in [1.54, 1.807) is 0 Å². The summed E-state index contributed by atoms with van der Waals surface area (Å²) >= 11 is 9.45. The second kappa shape index (κ2) is 5.06. The van der Waals surface area contributed by atoms with E-state index in [-0.39, 0.29) is 6.42 Å². The minimum atomic E-state index is -0.795. The monoisotopic (exact) mass is 316 g/mol. The van der Waals surface area contributed by atoms with Gasteiger partial charge >= 0.3 is 5.97 Å². The summed E-state index contributed by atoms with van der Waals surface area (Å²) in [5.74, 6) is -0.0188. The molecule has 0 fully saturated rings. The molecule has 17 heavy (non-hydrogen) atoms. The number of imidazole rings is 1. The van der Waals surface area contributed by atoms with E-state index in [2.05, 4.69) is 20.9 Å². The zero-order valence-electron chi connectivity index (χ0n) is 8.86. The lowest BCUT2D eigenvalue weighted by Crippen LogP contribution is -2.00. The fraction of sp³-hybridized carbons (Fsp3) is 0.273. The van der Waals surface area contributed by atoms with E-state index in [0.717, 1.165) is 15.9 Å². The summed E-state index contributed by atoms with van der Waals surface area (Å²) in [7, 11) is 0. The Kier molecular flexibility index (Phi) is 3.69. The average molecular weight is 318 g/mol. The van der Waals surface area contributed by atoms with Gasteiger partial charge in [-0.1, -0.05) is 17.7 Å². The van der Waals surface area contributed by atoms with Gasteiger partial charge in [0.25, 0.3) is 0 Å². The van der Waals surface area contributed by atoms with Crippen molar-refractivity contribution in [1.82, 2.24) is 9.38 Å². The number of halogens is 2. The van der Waals surface area contributed by atoms with Crippen LogP contribution in [-0.4, -0.2) is 20.5 Å². The first kappa shape index (κ1) is 12.4. The van der Waals surface area contributed by atoms with Crippen LogP contribution in [0.3, 0.4) is 0 Å². The highest BCUT2D eigenvalue weighted by atomic mass is 79.9. The maximum absolute atomic E-state index is 10.5. The van der Waals surface area contributed by atoms with Gasteiger partial charge in [-0.2, -0.15) is 0 Å². The Balaban J connectivity index is 2.31. The number of aliphatic carboxylic acids is 1. The highest BCUT2D eigenvalue weighted by Gasteiger charge is 2.11. The van der Waals surface area contributed by atoms with Crippen molar-refractivity contribution in [3.05, 3.63) is 33.8 Å². The summed E-state index contributed by atoms with van der Waals surface area (Å²) in [5, 5.41) is 9.04. The summed E-state index contributed by atoms with van der Waals surface area (Å²) < 4.78 is 2.75. The number of hydrogen-bond acceptors (Lipinski definition) is 2. The van der Waals surface area contributed by atoms with E-state index in [9.17, 15) is 4.79 Å². The number of carboxylic acids is 1. The van der Waals surface area contributed by atoms with E-state index in [1.807, 2.05) is 22.6 Å². The van der Waals surface area contributed by atoms with Gasteiger partial charge in [-0.25, -0.2) is 4.98 Å². The van der Waals surface area contributed by atoms with Crippen molar-refractivity contribution < 1.29 is 9.90 Å². The minimum Gasteiger partial charge on any atom is -0.481 e. The fourth-order valence-electron chi connectivity index (χ4n) is 1.69. The fourth-order valence-corrected chi connectivity index (χ4v) is 2.49. The quantitative estimate of drug-likeness (QED) is 0.881. The topological polar surface area (TPSA) is 54.6 Å². The van der Waals surface area contributed by atoms with Gasteiger partial charge in [-0.05, 0) is 34.5 Å². The van der Waals surface area contributed by atoms with Crippen LogP contribution in [0.5, 0.6) is 0 Å². The molecule has 0 aliphatic rings. The number of hydrogen-bond donors (Lipinski definition) is 1. The Morgan fingerprint density at radius 3 is 3.00 bits per heavy atom. The van der Waals surface area contributed by atoms with Crippen LogP contribution in [-0.2, 0) is 11.2 Å². The van der Waals surface area contributed by atoms with Crippen molar-refractivity contribution in [2.24, 2.45) is 0 Å². The summed E-state index contributed by atoms with van der Waals surface area (Å²) in [6.45, 7) is 0. The van der Waals surface area contributed by atoms with E-state index in [4.69, 9.17) is 16.7 Å². The molecule has 0 saturated carbocycles. The molecule has 0 atom stereocenters. The van der Waals surface area contributed by atoms with Crippen LogP contribution >= 0.6 is 27.5 Å². The molecule has 0 amide bonds. The van der Waals surface area contributed by atoms with Crippen LogP contribution in [0.4, 0.5) is 0 Å². The van der Waals surface area contributed by atoms with Crippen molar-refractivity contribution >= 4 is 39.0 Å². The predicted octanol–water partition coefficient (Wildman–Crippen LogP) is 3.16. The van der Waals surface area contributed by atoms with Crippen LogP contribution in [0, 0.1) is 0 Å². The van der Waals surface area contributed by atoms with Crippen LogP contribution in [0.1, 0.15) is 18.7 Å². The molecule has 4 nitrogen and oxygen atoms in total. The van der Waals surface area contributed by atoms with Gasteiger partial charge in [0.2, 0.25) is 0 Å². The normalized spacial score (nSPS) is 10.9. The summed E-state index contributed by atoms with van der Waals surface area (Å²) in [4.78, 5) is 14.7. The van der Waals surface area contributed by atoms with E-state index < -0.39 is 5.97 Å². The number of aromatic nitrogens is 2. The zero-order valence-corrected chi connectivity index (χ0v) is 11.2. The first-order chi connectivity index (χ1) is 8.09. The van der Waals surface area contributed by atoms with Crippen LogP contribution in [0.15, 0.2) is 22.8 Å². The first-order valence-corrected chi connectivity index (χ1v) is 6.30. The molecule has 1 N–H and O–H groups in total. The number of rotatable bonds is 4. The zero-order chi connectivity index (χ0) is 12.4. The second-order valence-corrected chi connectivity index (χ2v) is 4.81. The minimum absolute atomic E-state index is 0.136. The third-order valence-corrected chi connectivity index (χ3v) is 3.33. The number of carboxylic acid groups (broad SMARTS) is 1. The van der Waals surface area contributed by atoms with Gasteiger partial charge in [0, 0.05) is 12.8 Å². The van der Waals surface area contributed by atoms with Crippen molar-refractivity contribution in [2.45, 2.75) is 19.3 Å². The maximum atomic E-state index is 10.5. The molecule has 0 saturated heterocycles. The molecule has 0 aliphatic carbocycles. The molecule has 6 heteroatoms. The standard InChI is InChI=1S/C11H10BrClN2O2/c12-8-4-1-3-7-11(13)14-9(15(7)8)5-2-6-10(16)17/h1,3-4H,2,5-6H2,(H,16,17). The summed E-state index contributed by atoms with van der Waals surface area (Å²) in [6, 6.07) is 5.65. The molecular formula is C11H10BrClN2O2. The molecule has 0 spiro atoms. The Labute approximate surface area is 111 Å². The van der Waals surface area contributed by atoms with Crippen molar-refractivity contribution in [3.8, 4) is 0 Å². The van der Waals surface area contributed by atoms with Gasteiger partial charge in [-0.3, -0.25) is 9.20 Å². The number of carbonyl (C=O) groups is 1. The molecule has 0 aromatic carbocycles. The molecule has 0 aliphatic heterocycles. The third kappa shape index (κ3) is 2.61. The Hall–Kier alpha value is -1.07. The van der Waals surface area contributed by atoms with Crippen molar-refractivity contribution in [1.29, 1.82) is 0 Å². The predicted molar refractivity (Wildman–Crippen MR) is 68.5 cm³/mol. The molecule has 2 aromatic heterocycles. The Morgan fingerprint density at radius 2 is 2.29 bits per heavy atom. The highest BCUT2D eigenvalue weighted by molar-refractivity contribution is 9.10. The molecule has 90 valence electrons. The van der Waals surface area contributed by atoms with Crippen molar-refractivity contribution in [2.75, 3.05) is 0 Å². The number of aryl methyl sites for hydroxylation is 1. The first-order valence-electron chi connectivity index (χ1n) is 5.12. The Bertz CT molecular complexity index is 568. The smallest absolute Gasteiger partial charge is 0.303 e. The van der Waals surface area contributed by atoms with E-state index in [1.165, 1.54) is 0 Å². The number of pyridine rings is 1. The Morgan fingerprint density at radius 1 is 1.53 bits per heavy atom. The third-order valence-electron chi connectivity index (χ3n) is 2.43. The number of fused-ring (bicyclic) bond motifs is 1. The SMILES string of the molecule is O=C(O)CCCc1nc(Cl)c2cccc(Br)n12. The van der Waals surface area contributed by atoms with Crippen LogP contribution in [0.2, 0.25) is 5.15 Å². The molecule has 0 bridgehead atoms. The lowest BCUT2D eigenvalue weighted by atomic mass is 10.2. The molecule has 2 heterocycles. The summed E-state index contributed by atoms with van der Waals surface area (Å²) in [5.41, 5.74) is 0.825. The average Bonchev–Trinajstić information content (AvgIpc) is 2.57. The lowest BCUT2D eigenvalue weighted by Gasteiger charge is -2.02. The second-order valence-electron chi connectivity index (χ2n) is 3.64. The van der Waals surface area contributed by atoms with E-state index in [0.29, 0.717) is 18.0 Å². The van der Waals surface area contributed by atoms with Gasteiger partial charge in [-0.15, -0.1) is 0 Å². The molecule has 2 aromatic rings. The number of nitrogens with zero attached hydrogens (tertiary/aromatic N) is 2. The van der Waals surface area contributed by atoms with Crippen LogP contribution < -0.4 is 0 Å². The largest absolute Gasteiger partial charge is 0.481 e. The molecule has 2 rings (SSSR count). The van der Waals surface area contributed by atoms with E-state index >= 15 is 0 Å². The summed E-state index contributed by atoms with van der Waals surface area (Å²) in [6.07, 6.45) is 1.27.